The average molecular weight is 415 g/mol. The standard InChI is InChI=1S/C25H25N3O3/c1-17-9-10-21-18(2)22(25(30)31-23(21)13-17)11-12-24(29)27(3)15-19-14-26-28(16-19)20-7-5-4-6-8-20/h4-10,13-14,16H,11-12,15H2,1-3H3. The van der Waals surface area contributed by atoms with Crippen LogP contribution in [0.15, 0.2) is 70.1 Å². The smallest absolute Gasteiger partial charge is 0.339 e. The number of carbonyl (C=O) groups excluding carboxylic acids is 1. The molecular weight excluding hydrogens is 390 g/mol. The zero-order valence-electron chi connectivity index (χ0n) is 18.0. The highest BCUT2D eigenvalue weighted by atomic mass is 16.4. The molecule has 158 valence electrons. The maximum absolute atomic E-state index is 12.7. The number of hydrogen-bond donors (Lipinski definition) is 0. The number of amides is 1. The first-order valence-corrected chi connectivity index (χ1v) is 10.3. The predicted octanol–water partition coefficient (Wildman–Crippen LogP) is 4.19. The van der Waals surface area contributed by atoms with E-state index in [1.807, 2.05) is 68.6 Å². The molecule has 6 nitrogen and oxygen atoms in total. The summed E-state index contributed by atoms with van der Waals surface area (Å²) < 4.78 is 7.29. The van der Waals surface area contributed by atoms with Crippen molar-refractivity contribution in [3.8, 4) is 5.69 Å². The van der Waals surface area contributed by atoms with E-state index in [-0.39, 0.29) is 18.0 Å². The Balaban J connectivity index is 1.43. The molecule has 0 unspecified atom stereocenters. The second-order valence-electron chi connectivity index (χ2n) is 7.87. The van der Waals surface area contributed by atoms with Crippen LogP contribution in [0.1, 0.15) is 28.7 Å². The molecule has 2 heterocycles. The van der Waals surface area contributed by atoms with E-state index in [2.05, 4.69) is 5.10 Å². The molecule has 0 radical (unpaired) electrons. The van der Waals surface area contributed by atoms with E-state index in [9.17, 15) is 9.59 Å². The number of benzene rings is 2. The van der Waals surface area contributed by atoms with Gasteiger partial charge in [-0.3, -0.25) is 4.79 Å². The fraction of sp³-hybridized carbons (Fsp3) is 0.240. The van der Waals surface area contributed by atoms with Gasteiger partial charge in [0, 0.05) is 42.7 Å². The lowest BCUT2D eigenvalue weighted by Crippen LogP contribution is -2.27. The molecule has 2 aromatic heterocycles. The molecule has 4 rings (SSSR count). The van der Waals surface area contributed by atoms with Gasteiger partial charge >= 0.3 is 5.63 Å². The maximum atomic E-state index is 12.7. The van der Waals surface area contributed by atoms with E-state index in [1.165, 1.54) is 0 Å². The summed E-state index contributed by atoms with van der Waals surface area (Å²) in [6.45, 7) is 4.33. The Kier molecular flexibility index (Phi) is 5.71. The summed E-state index contributed by atoms with van der Waals surface area (Å²) in [5, 5.41) is 5.29. The first-order chi connectivity index (χ1) is 14.9. The molecule has 0 saturated heterocycles. The number of aromatic nitrogens is 2. The molecular formula is C25H25N3O3. The van der Waals surface area contributed by atoms with Crippen LogP contribution in [0.3, 0.4) is 0 Å². The zero-order valence-corrected chi connectivity index (χ0v) is 18.0. The van der Waals surface area contributed by atoms with E-state index in [0.717, 1.165) is 27.8 Å². The van der Waals surface area contributed by atoms with Crippen LogP contribution in [0, 0.1) is 13.8 Å². The van der Waals surface area contributed by atoms with E-state index < -0.39 is 0 Å². The fourth-order valence-corrected chi connectivity index (χ4v) is 3.74. The van der Waals surface area contributed by atoms with Crippen molar-refractivity contribution >= 4 is 16.9 Å². The molecule has 0 spiro atoms. The summed E-state index contributed by atoms with van der Waals surface area (Å²) in [6, 6.07) is 15.6. The van der Waals surface area contributed by atoms with Gasteiger partial charge in [-0.1, -0.05) is 30.3 Å². The Morgan fingerprint density at radius 3 is 2.68 bits per heavy atom. The van der Waals surface area contributed by atoms with Crippen LogP contribution in [-0.2, 0) is 17.8 Å². The molecule has 0 fully saturated rings. The molecule has 2 aromatic carbocycles. The third-order valence-electron chi connectivity index (χ3n) is 5.53. The van der Waals surface area contributed by atoms with Gasteiger partial charge in [0.2, 0.25) is 5.91 Å². The van der Waals surface area contributed by atoms with Crippen molar-refractivity contribution in [2.45, 2.75) is 33.2 Å². The first-order valence-electron chi connectivity index (χ1n) is 10.3. The maximum Gasteiger partial charge on any atom is 0.339 e. The Bertz CT molecular complexity index is 1290. The van der Waals surface area contributed by atoms with E-state index >= 15 is 0 Å². The van der Waals surface area contributed by atoms with Gasteiger partial charge in [0.05, 0.1) is 11.9 Å². The largest absolute Gasteiger partial charge is 0.423 e. The molecule has 0 atom stereocenters. The molecule has 0 N–H and O–H groups in total. The average Bonchev–Trinajstić information content (AvgIpc) is 3.22. The number of aryl methyl sites for hydroxylation is 2. The van der Waals surface area contributed by atoms with Crippen molar-refractivity contribution < 1.29 is 9.21 Å². The van der Waals surface area contributed by atoms with Crippen molar-refractivity contribution in [2.75, 3.05) is 7.05 Å². The van der Waals surface area contributed by atoms with Crippen LogP contribution in [0.5, 0.6) is 0 Å². The van der Waals surface area contributed by atoms with Crippen molar-refractivity contribution in [2.24, 2.45) is 0 Å². The van der Waals surface area contributed by atoms with Crippen LogP contribution in [-0.4, -0.2) is 27.6 Å². The summed E-state index contributed by atoms with van der Waals surface area (Å²) >= 11 is 0. The summed E-state index contributed by atoms with van der Waals surface area (Å²) in [7, 11) is 1.76. The van der Waals surface area contributed by atoms with Crippen LogP contribution in [0.2, 0.25) is 0 Å². The van der Waals surface area contributed by atoms with Crippen LogP contribution < -0.4 is 5.63 Å². The zero-order chi connectivity index (χ0) is 22.0. The highest BCUT2D eigenvalue weighted by Crippen LogP contribution is 2.21. The van der Waals surface area contributed by atoms with Gasteiger partial charge in [-0.2, -0.15) is 5.10 Å². The monoisotopic (exact) mass is 415 g/mol. The summed E-state index contributed by atoms with van der Waals surface area (Å²) in [5.41, 5.74) is 4.62. The highest BCUT2D eigenvalue weighted by Gasteiger charge is 2.16. The van der Waals surface area contributed by atoms with Gasteiger partial charge in [0.1, 0.15) is 5.58 Å². The van der Waals surface area contributed by atoms with Crippen LogP contribution >= 0.6 is 0 Å². The third kappa shape index (κ3) is 4.43. The van der Waals surface area contributed by atoms with Crippen molar-refractivity contribution in [1.82, 2.24) is 14.7 Å². The Morgan fingerprint density at radius 1 is 1.13 bits per heavy atom. The van der Waals surface area contributed by atoms with Gasteiger partial charge in [0.15, 0.2) is 0 Å². The molecule has 0 saturated carbocycles. The third-order valence-corrected chi connectivity index (χ3v) is 5.53. The van der Waals surface area contributed by atoms with E-state index in [4.69, 9.17) is 4.42 Å². The molecule has 0 aliphatic carbocycles. The summed E-state index contributed by atoms with van der Waals surface area (Å²) in [5.74, 6) is -0.0322. The predicted molar refractivity (Wildman–Crippen MR) is 120 cm³/mol. The second-order valence-corrected chi connectivity index (χ2v) is 7.87. The second kappa shape index (κ2) is 8.60. The van der Waals surface area contributed by atoms with Crippen LogP contribution in [0.4, 0.5) is 0 Å². The number of rotatable bonds is 6. The highest BCUT2D eigenvalue weighted by molar-refractivity contribution is 5.82. The van der Waals surface area contributed by atoms with E-state index in [0.29, 0.717) is 24.1 Å². The van der Waals surface area contributed by atoms with Crippen molar-refractivity contribution in [3.63, 3.8) is 0 Å². The van der Waals surface area contributed by atoms with Crippen LogP contribution in [0.25, 0.3) is 16.7 Å². The number of carbonyl (C=O) groups is 1. The number of para-hydroxylation sites is 1. The van der Waals surface area contributed by atoms with Gasteiger partial charge < -0.3 is 9.32 Å². The minimum atomic E-state index is -0.366. The SMILES string of the molecule is Cc1ccc2c(C)c(CCC(=O)N(C)Cc3cnn(-c4ccccc4)c3)c(=O)oc2c1. The topological polar surface area (TPSA) is 68.3 Å². The summed E-state index contributed by atoms with van der Waals surface area (Å²) in [6.07, 6.45) is 4.28. The quantitative estimate of drug-likeness (QED) is 0.443. The van der Waals surface area contributed by atoms with Gasteiger partial charge in [0.25, 0.3) is 0 Å². The summed E-state index contributed by atoms with van der Waals surface area (Å²) in [4.78, 5) is 26.8. The first kappa shape index (κ1) is 20.6. The normalized spacial score (nSPS) is 11.1. The minimum Gasteiger partial charge on any atom is -0.423 e. The molecule has 0 aliphatic rings. The van der Waals surface area contributed by atoms with Gasteiger partial charge in [-0.15, -0.1) is 0 Å². The van der Waals surface area contributed by atoms with Crippen molar-refractivity contribution in [1.29, 1.82) is 0 Å². The Labute approximate surface area is 180 Å². The molecule has 0 bridgehead atoms. The number of hydrogen-bond acceptors (Lipinski definition) is 4. The number of fused-ring (bicyclic) bond motifs is 1. The lowest BCUT2D eigenvalue weighted by Gasteiger charge is -2.16. The molecule has 4 aromatic rings. The lowest BCUT2D eigenvalue weighted by molar-refractivity contribution is -0.130. The Hall–Kier alpha value is -3.67. The Morgan fingerprint density at radius 2 is 1.90 bits per heavy atom. The molecule has 31 heavy (non-hydrogen) atoms. The lowest BCUT2D eigenvalue weighted by atomic mass is 10.0. The van der Waals surface area contributed by atoms with Gasteiger partial charge in [-0.05, 0) is 49.6 Å². The molecule has 6 heteroatoms. The molecule has 0 aliphatic heterocycles. The fourth-order valence-electron chi connectivity index (χ4n) is 3.74. The van der Waals surface area contributed by atoms with Crippen molar-refractivity contribution in [3.05, 3.63) is 93.6 Å². The minimum absolute atomic E-state index is 0.0322. The van der Waals surface area contributed by atoms with E-state index in [1.54, 1.807) is 22.8 Å². The number of nitrogens with zero attached hydrogens (tertiary/aromatic N) is 3. The van der Waals surface area contributed by atoms with Gasteiger partial charge in [-0.25, -0.2) is 9.48 Å². The molecule has 1 amide bonds.